The summed E-state index contributed by atoms with van der Waals surface area (Å²) in [4.78, 5) is 13.5. The van der Waals surface area contributed by atoms with Crippen molar-refractivity contribution in [3.05, 3.63) is 289 Å². The van der Waals surface area contributed by atoms with Crippen LogP contribution in [0.5, 0.6) is 0 Å². The molecule has 0 fully saturated rings. The molecule has 0 unspecified atom stereocenters. The summed E-state index contributed by atoms with van der Waals surface area (Å²) in [6.07, 6.45) is 0. The Morgan fingerprint density at radius 2 is 0.868 bits per heavy atom. The summed E-state index contributed by atoms with van der Waals surface area (Å²) < 4.78 is 4.82. The smallest absolute Gasteiger partial charge is 0.235 e. The average molecular weight is 985 g/mol. The first-order valence-electron chi connectivity index (χ1n) is 26.0. The number of nitrogens with zero attached hydrogens (tertiary/aromatic N) is 4. The predicted octanol–water partition coefficient (Wildman–Crippen LogP) is 18.8. The van der Waals surface area contributed by atoms with Gasteiger partial charge in [-0.1, -0.05) is 206 Å². The molecular formula is C71H44N4S. The maximum absolute atomic E-state index is 5.51. The number of benzene rings is 11. The van der Waals surface area contributed by atoms with Crippen molar-refractivity contribution in [2.75, 3.05) is 4.90 Å². The van der Waals surface area contributed by atoms with Crippen LogP contribution in [0.2, 0.25) is 0 Å². The Morgan fingerprint density at radius 3 is 1.50 bits per heavy atom. The zero-order valence-electron chi connectivity index (χ0n) is 41.1. The molecule has 76 heavy (non-hydrogen) atoms. The Hall–Kier alpha value is -9.68. The number of fused-ring (bicyclic) bond motifs is 16. The number of aromatic nitrogens is 3. The zero-order valence-corrected chi connectivity index (χ0v) is 41.9. The Kier molecular flexibility index (Phi) is 9.39. The summed E-state index contributed by atoms with van der Waals surface area (Å²) in [5, 5.41) is 4.71. The summed E-state index contributed by atoms with van der Waals surface area (Å²) in [7, 11) is 0. The second-order valence-corrected chi connectivity index (χ2v) is 21.1. The van der Waals surface area contributed by atoms with Gasteiger partial charge >= 0.3 is 0 Å². The third-order valence-corrected chi connectivity index (χ3v) is 17.2. The molecule has 354 valence electrons. The van der Waals surface area contributed by atoms with Gasteiger partial charge in [-0.15, -0.1) is 11.3 Å². The fraction of sp³-hybridized carbons (Fsp3) is 0.0141. The van der Waals surface area contributed by atoms with Crippen molar-refractivity contribution in [2.24, 2.45) is 0 Å². The van der Waals surface area contributed by atoms with Gasteiger partial charge in [0, 0.05) is 53.4 Å². The molecule has 0 amide bonds. The minimum atomic E-state index is -0.510. The van der Waals surface area contributed by atoms with E-state index in [0.717, 1.165) is 61.4 Å². The van der Waals surface area contributed by atoms with Crippen LogP contribution >= 0.6 is 11.3 Å². The molecule has 2 aliphatic carbocycles. The van der Waals surface area contributed by atoms with Gasteiger partial charge in [0.05, 0.1) is 33.5 Å². The number of rotatable bonds is 7. The second-order valence-electron chi connectivity index (χ2n) is 20.0. The normalized spacial score (nSPS) is 12.8. The van der Waals surface area contributed by atoms with E-state index in [-0.39, 0.29) is 0 Å². The molecule has 3 aromatic heterocycles. The lowest BCUT2D eigenvalue weighted by Gasteiger charge is -2.32. The minimum Gasteiger partial charge on any atom is -0.310 e. The van der Waals surface area contributed by atoms with E-state index in [1.54, 1.807) is 0 Å². The van der Waals surface area contributed by atoms with Crippen molar-refractivity contribution in [2.45, 2.75) is 5.41 Å². The van der Waals surface area contributed by atoms with E-state index in [4.69, 9.17) is 9.97 Å². The van der Waals surface area contributed by atoms with Gasteiger partial charge in [-0.3, -0.25) is 4.57 Å². The number of hydrogen-bond acceptors (Lipinski definition) is 4. The highest BCUT2D eigenvalue weighted by Crippen LogP contribution is 2.63. The molecular weight excluding hydrogens is 941 g/mol. The largest absolute Gasteiger partial charge is 0.310 e. The summed E-state index contributed by atoms with van der Waals surface area (Å²) in [5.41, 5.74) is 21.3. The summed E-state index contributed by atoms with van der Waals surface area (Å²) in [6, 6.07) is 97.6. The van der Waals surface area contributed by atoms with Crippen LogP contribution in [0.4, 0.5) is 17.1 Å². The standard InChI is InChI=1S/C71H44N4S/c1-4-19-45(20-5-1)46-35-37-49(38-36-46)74(50-39-40-54-53-27-12-16-31-60(53)71(61(54)41-50)58-29-14-10-25-51(58)52-26-11-15-30-59(52)71)64-32-18-33-65-69(64)57-43-68-56(55-28-13-17-34-67(55)76-68)42-66(57)75(65)70-72-62(47-21-6-2-7-22-47)44-63(73-70)48-23-8-3-9-24-48/h1-44H. The van der Waals surface area contributed by atoms with Crippen molar-refractivity contribution in [3.63, 3.8) is 0 Å². The highest BCUT2D eigenvalue weighted by atomic mass is 32.1. The van der Waals surface area contributed by atoms with E-state index in [1.807, 2.05) is 11.3 Å². The highest BCUT2D eigenvalue weighted by Gasteiger charge is 2.51. The summed E-state index contributed by atoms with van der Waals surface area (Å²) >= 11 is 1.85. The van der Waals surface area contributed by atoms with E-state index in [9.17, 15) is 0 Å². The molecule has 1 spiro atoms. The molecule has 3 heterocycles. The quantitative estimate of drug-likeness (QED) is 0.160. The maximum Gasteiger partial charge on any atom is 0.235 e. The number of anilines is 3. The van der Waals surface area contributed by atoms with E-state index in [2.05, 4.69) is 276 Å². The molecule has 5 heteroatoms. The van der Waals surface area contributed by atoms with Crippen LogP contribution in [-0.2, 0) is 5.41 Å². The van der Waals surface area contributed by atoms with Crippen LogP contribution in [0, 0.1) is 0 Å². The molecule has 0 bridgehead atoms. The molecule has 0 N–H and O–H groups in total. The Bertz CT molecular complexity index is 4510. The Labute approximate surface area is 443 Å². The number of thiophene rings is 1. The highest BCUT2D eigenvalue weighted by molar-refractivity contribution is 7.25. The molecule has 4 nitrogen and oxygen atoms in total. The lowest BCUT2D eigenvalue weighted by Crippen LogP contribution is -2.26. The second kappa shape index (κ2) is 16.7. The van der Waals surface area contributed by atoms with Crippen molar-refractivity contribution >= 4 is 70.4 Å². The summed E-state index contributed by atoms with van der Waals surface area (Å²) in [5.74, 6) is 0.616. The van der Waals surface area contributed by atoms with Gasteiger partial charge in [-0.2, -0.15) is 0 Å². The van der Waals surface area contributed by atoms with E-state index < -0.39 is 5.41 Å². The van der Waals surface area contributed by atoms with Crippen molar-refractivity contribution < 1.29 is 0 Å². The van der Waals surface area contributed by atoms with Gasteiger partial charge in [-0.25, -0.2) is 9.97 Å². The third kappa shape index (κ3) is 6.24. The lowest BCUT2D eigenvalue weighted by atomic mass is 9.70. The molecule has 0 saturated heterocycles. The van der Waals surface area contributed by atoms with Crippen LogP contribution in [0.25, 0.3) is 104 Å². The molecule has 16 rings (SSSR count). The molecule has 0 saturated carbocycles. The molecule has 0 radical (unpaired) electrons. The Balaban J connectivity index is 1.00. The van der Waals surface area contributed by atoms with Gasteiger partial charge < -0.3 is 4.90 Å². The van der Waals surface area contributed by atoms with Gasteiger partial charge in [0.1, 0.15) is 0 Å². The maximum atomic E-state index is 5.51. The first-order valence-corrected chi connectivity index (χ1v) is 26.8. The topological polar surface area (TPSA) is 34.0 Å². The SMILES string of the molecule is c1ccc(-c2ccc(N(c3ccc4c(c3)C3(c5ccccc5-c5ccccc53)c3ccccc3-4)c3cccc4c3c3cc5sc6ccccc6c5cc3n4-c3nc(-c4ccccc4)cc(-c4ccccc4)n3)cc2)cc1. The zero-order chi connectivity index (χ0) is 49.9. The van der Waals surface area contributed by atoms with Gasteiger partial charge in [-0.05, 0) is 116 Å². The van der Waals surface area contributed by atoms with Gasteiger partial charge in [0.15, 0.2) is 0 Å². The van der Waals surface area contributed by atoms with Crippen LogP contribution in [0.3, 0.4) is 0 Å². The van der Waals surface area contributed by atoms with Crippen LogP contribution in [0.15, 0.2) is 267 Å². The van der Waals surface area contributed by atoms with Gasteiger partial charge in [0.25, 0.3) is 0 Å². The molecule has 2 aliphatic rings. The van der Waals surface area contributed by atoms with E-state index in [0.29, 0.717) is 5.95 Å². The van der Waals surface area contributed by atoms with E-state index in [1.165, 1.54) is 75.8 Å². The van der Waals surface area contributed by atoms with Crippen molar-refractivity contribution in [1.29, 1.82) is 0 Å². The van der Waals surface area contributed by atoms with Crippen molar-refractivity contribution in [3.8, 4) is 61.8 Å². The molecule has 14 aromatic rings. The Morgan fingerprint density at radius 1 is 0.342 bits per heavy atom. The first-order chi connectivity index (χ1) is 37.7. The minimum absolute atomic E-state index is 0.510. The van der Waals surface area contributed by atoms with Crippen LogP contribution in [-0.4, -0.2) is 14.5 Å². The monoisotopic (exact) mass is 984 g/mol. The average Bonchev–Trinajstić information content (AvgIpc) is 4.36. The van der Waals surface area contributed by atoms with Gasteiger partial charge in [0.2, 0.25) is 5.95 Å². The van der Waals surface area contributed by atoms with E-state index >= 15 is 0 Å². The fourth-order valence-corrected chi connectivity index (χ4v) is 13.9. The molecule has 0 aliphatic heterocycles. The molecule has 11 aromatic carbocycles. The molecule has 0 atom stereocenters. The lowest BCUT2D eigenvalue weighted by molar-refractivity contribution is 0.793. The third-order valence-electron chi connectivity index (χ3n) is 16.0. The fourth-order valence-electron chi connectivity index (χ4n) is 12.8. The van der Waals surface area contributed by atoms with Crippen LogP contribution < -0.4 is 4.90 Å². The summed E-state index contributed by atoms with van der Waals surface area (Å²) in [6.45, 7) is 0. The van der Waals surface area contributed by atoms with Crippen molar-refractivity contribution in [1.82, 2.24) is 14.5 Å². The van der Waals surface area contributed by atoms with Crippen LogP contribution in [0.1, 0.15) is 22.3 Å². The number of hydrogen-bond donors (Lipinski definition) is 0. The predicted molar refractivity (Wildman–Crippen MR) is 317 cm³/mol. The first kappa shape index (κ1) is 42.8.